The van der Waals surface area contributed by atoms with E-state index in [1.807, 2.05) is 18.2 Å². The zero-order chi connectivity index (χ0) is 20.4. The maximum absolute atomic E-state index is 14.8. The summed E-state index contributed by atoms with van der Waals surface area (Å²) in [6, 6.07) is 5.13. The molecule has 1 amide bonds. The van der Waals surface area contributed by atoms with Gasteiger partial charge in [-0.2, -0.15) is 4.98 Å². The highest BCUT2D eigenvalue weighted by Gasteiger charge is 2.21. The zero-order valence-electron chi connectivity index (χ0n) is 15.8. The topological polar surface area (TPSA) is 86.7 Å². The average Bonchev–Trinajstić information content (AvgIpc) is 3.36. The van der Waals surface area contributed by atoms with Gasteiger partial charge in [0.05, 0.1) is 17.6 Å². The van der Waals surface area contributed by atoms with Crippen LogP contribution in [0.15, 0.2) is 35.7 Å². The van der Waals surface area contributed by atoms with Crippen molar-refractivity contribution in [3.8, 4) is 5.88 Å². The molecule has 3 heterocycles. The van der Waals surface area contributed by atoms with Crippen LogP contribution < -0.4 is 15.7 Å². The molecule has 7 nitrogen and oxygen atoms in total. The number of nitrogens with zero attached hydrogens (tertiary/aromatic N) is 2. The largest absolute Gasteiger partial charge is 0.493 e. The summed E-state index contributed by atoms with van der Waals surface area (Å²) >= 11 is 1.39. The lowest BCUT2D eigenvalue weighted by atomic mass is 9.97. The smallest absolute Gasteiger partial charge is 0.223 e. The van der Waals surface area contributed by atoms with Crippen molar-refractivity contribution in [2.75, 3.05) is 24.5 Å². The second-order valence-corrected chi connectivity index (χ2v) is 7.72. The Morgan fingerprint density at radius 2 is 2.38 bits per heavy atom. The van der Waals surface area contributed by atoms with Gasteiger partial charge in [0.25, 0.3) is 0 Å². The van der Waals surface area contributed by atoms with Crippen molar-refractivity contribution in [2.24, 2.45) is 0 Å². The fraction of sp³-hybridized carbons (Fsp3) is 0.300. The third-order valence-corrected chi connectivity index (χ3v) is 5.70. The molecule has 1 unspecified atom stereocenters. The van der Waals surface area contributed by atoms with Crippen LogP contribution in [0, 0.1) is 5.82 Å². The Hall–Kier alpha value is -2.91. The van der Waals surface area contributed by atoms with Crippen LogP contribution in [-0.4, -0.2) is 41.7 Å². The van der Waals surface area contributed by atoms with Crippen molar-refractivity contribution in [2.45, 2.75) is 19.4 Å². The molecule has 0 spiro atoms. The number of anilines is 1. The van der Waals surface area contributed by atoms with Gasteiger partial charge in [0.1, 0.15) is 11.9 Å². The molecule has 0 fully saturated rings. The van der Waals surface area contributed by atoms with Gasteiger partial charge in [-0.05, 0) is 24.1 Å². The lowest BCUT2D eigenvalue weighted by molar-refractivity contribution is -0.119. The Balaban J connectivity index is 1.45. The van der Waals surface area contributed by atoms with Crippen LogP contribution >= 0.6 is 11.3 Å². The Labute approximate surface area is 171 Å². The molecule has 0 radical (unpaired) electrons. The van der Waals surface area contributed by atoms with Gasteiger partial charge < -0.3 is 15.3 Å². The molecule has 1 aromatic heterocycles. The van der Waals surface area contributed by atoms with E-state index < -0.39 is 0 Å². The number of halogens is 1. The molecule has 1 atom stereocenters. The Morgan fingerprint density at radius 3 is 3.03 bits per heavy atom. The van der Waals surface area contributed by atoms with Gasteiger partial charge in [0.15, 0.2) is 5.13 Å². The molecule has 2 aliphatic heterocycles. The predicted molar refractivity (Wildman–Crippen MR) is 110 cm³/mol. The highest BCUT2D eigenvalue weighted by atomic mass is 32.1. The van der Waals surface area contributed by atoms with E-state index in [0.717, 1.165) is 10.7 Å². The van der Waals surface area contributed by atoms with Crippen LogP contribution in [0.5, 0.6) is 5.88 Å². The van der Waals surface area contributed by atoms with Crippen LogP contribution in [0.1, 0.15) is 24.5 Å². The number of hydrogen-bond donors (Lipinski definition) is 3. The van der Waals surface area contributed by atoms with Gasteiger partial charge in [-0.3, -0.25) is 15.1 Å². The van der Waals surface area contributed by atoms with Crippen molar-refractivity contribution >= 4 is 33.6 Å². The van der Waals surface area contributed by atoms with E-state index in [0.29, 0.717) is 42.9 Å². The van der Waals surface area contributed by atoms with Crippen molar-refractivity contribution < 1.29 is 19.1 Å². The maximum Gasteiger partial charge on any atom is 0.223 e. The van der Waals surface area contributed by atoms with Crippen LogP contribution in [0.4, 0.5) is 9.52 Å². The van der Waals surface area contributed by atoms with Gasteiger partial charge in [-0.1, -0.05) is 18.2 Å². The molecule has 29 heavy (non-hydrogen) atoms. The maximum atomic E-state index is 14.8. The van der Waals surface area contributed by atoms with Gasteiger partial charge in [0, 0.05) is 31.1 Å². The summed E-state index contributed by atoms with van der Waals surface area (Å²) in [7, 11) is 0. The SMILES string of the molecule is CC(=O)NCC1C=C(c2ccc(C3=CCN(c4nc(O)cs4)CC3)c(F)c2)NO1. The molecule has 0 saturated carbocycles. The molecule has 0 aliphatic carbocycles. The number of benzene rings is 1. The number of aromatic nitrogens is 1. The van der Waals surface area contributed by atoms with Crippen molar-refractivity contribution in [3.63, 3.8) is 0 Å². The van der Waals surface area contributed by atoms with Crippen LogP contribution in [-0.2, 0) is 9.63 Å². The minimum absolute atomic E-state index is 0.0273. The minimum Gasteiger partial charge on any atom is -0.493 e. The number of thiazole rings is 1. The summed E-state index contributed by atoms with van der Waals surface area (Å²) in [5.74, 6) is -0.390. The lowest BCUT2D eigenvalue weighted by Gasteiger charge is -2.26. The average molecular weight is 416 g/mol. The Bertz CT molecular complexity index is 988. The van der Waals surface area contributed by atoms with E-state index >= 15 is 0 Å². The lowest BCUT2D eigenvalue weighted by Crippen LogP contribution is -2.30. The first-order valence-corrected chi connectivity index (χ1v) is 10.1. The van der Waals surface area contributed by atoms with E-state index in [1.165, 1.54) is 24.3 Å². The molecule has 152 valence electrons. The summed E-state index contributed by atoms with van der Waals surface area (Å²) < 4.78 is 14.8. The van der Waals surface area contributed by atoms with Crippen molar-refractivity contribution in [1.29, 1.82) is 0 Å². The highest BCUT2D eigenvalue weighted by Crippen LogP contribution is 2.31. The second kappa shape index (κ2) is 8.22. The predicted octanol–water partition coefficient (Wildman–Crippen LogP) is 2.66. The van der Waals surface area contributed by atoms with E-state index in [9.17, 15) is 14.3 Å². The van der Waals surface area contributed by atoms with E-state index in [4.69, 9.17) is 4.84 Å². The first-order valence-electron chi connectivity index (χ1n) is 9.26. The molecule has 2 aromatic rings. The number of nitrogens with one attached hydrogen (secondary N) is 2. The summed E-state index contributed by atoms with van der Waals surface area (Å²) in [6.45, 7) is 3.13. The quantitative estimate of drug-likeness (QED) is 0.695. The van der Waals surface area contributed by atoms with Crippen molar-refractivity contribution in [1.82, 2.24) is 15.8 Å². The number of amides is 1. The summed E-state index contributed by atoms with van der Waals surface area (Å²) in [5.41, 5.74) is 5.71. The summed E-state index contributed by atoms with van der Waals surface area (Å²) in [5, 5.41) is 14.5. The molecule has 0 bridgehead atoms. The highest BCUT2D eigenvalue weighted by molar-refractivity contribution is 7.13. The van der Waals surface area contributed by atoms with E-state index in [-0.39, 0.29) is 23.7 Å². The normalized spacial score (nSPS) is 18.8. The molecule has 4 rings (SSSR count). The van der Waals surface area contributed by atoms with Crippen LogP contribution in [0.25, 0.3) is 11.3 Å². The number of aromatic hydroxyl groups is 1. The Morgan fingerprint density at radius 1 is 1.52 bits per heavy atom. The molecule has 3 N–H and O–H groups in total. The minimum atomic E-state index is -0.297. The first-order chi connectivity index (χ1) is 14.0. The zero-order valence-corrected chi connectivity index (χ0v) is 16.6. The van der Waals surface area contributed by atoms with Crippen LogP contribution in [0.2, 0.25) is 0 Å². The van der Waals surface area contributed by atoms with Gasteiger partial charge in [-0.15, -0.1) is 11.3 Å². The fourth-order valence-corrected chi connectivity index (χ4v) is 4.05. The van der Waals surface area contributed by atoms with Crippen molar-refractivity contribution in [3.05, 3.63) is 52.7 Å². The second-order valence-electron chi connectivity index (χ2n) is 6.88. The van der Waals surface area contributed by atoms with Gasteiger partial charge >= 0.3 is 0 Å². The number of carbonyl (C=O) groups is 1. The van der Waals surface area contributed by atoms with Gasteiger partial charge in [0.2, 0.25) is 11.8 Å². The molecule has 9 heteroatoms. The molecule has 1 aromatic carbocycles. The fourth-order valence-electron chi connectivity index (χ4n) is 3.33. The third-order valence-electron chi connectivity index (χ3n) is 4.81. The molecule has 2 aliphatic rings. The van der Waals surface area contributed by atoms with Crippen LogP contribution in [0.3, 0.4) is 0 Å². The molecular formula is C20H21FN4O3S. The number of hydrogen-bond acceptors (Lipinski definition) is 7. The third kappa shape index (κ3) is 4.41. The van der Waals surface area contributed by atoms with Gasteiger partial charge in [-0.25, -0.2) is 4.39 Å². The number of carbonyl (C=O) groups excluding carboxylic acids is 1. The standard InChI is InChI=1S/C20H21FN4O3S/c1-12(26)22-10-15-9-18(24-28-15)14-2-3-16(17(21)8-14)13-4-6-25(7-5-13)20-23-19(27)11-29-20/h2-4,8-9,11,15,24,27H,5-7,10H2,1H3,(H,22,26). The number of hydroxylamine groups is 1. The molecular weight excluding hydrogens is 395 g/mol. The first kappa shape index (κ1) is 19.4. The van der Waals surface area contributed by atoms with E-state index in [2.05, 4.69) is 20.7 Å². The summed E-state index contributed by atoms with van der Waals surface area (Å²) in [4.78, 5) is 22.5. The Kier molecular flexibility index (Phi) is 5.50. The molecule has 0 saturated heterocycles. The van der Waals surface area contributed by atoms with E-state index in [1.54, 1.807) is 11.4 Å². The monoisotopic (exact) mass is 416 g/mol. The summed E-state index contributed by atoms with van der Waals surface area (Å²) in [6.07, 6.45) is 4.22. The number of rotatable bonds is 5.